The Morgan fingerprint density at radius 1 is 0.417 bits per heavy atom. The molecule has 3 aromatic carbocycles. The maximum Gasteiger partial charge on any atom is 0.338 e. The molecule has 388 valence electrons. The molecule has 0 amide bonds. The smallest absolute Gasteiger partial charge is 0.338 e. The summed E-state index contributed by atoms with van der Waals surface area (Å²) in [5, 5.41) is 11.3. The first kappa shape index (κ1) is 54.5. The third-order valence-electron chi connectivity index (χ3n) is 11.0. The van der Waals surface area contributed by atoms with Gasteiger partial charge in [0.1, 0.15) is 43.7 Å². The van der Waals surface area contributed by atoms with Crippen LogP contribution >= 0.6 is 0 Å². The van der Waals surface area contributed by atoms with Crippen molar-refractivity contribution in [3.05, 3.63) is 108 Å². The lowest BCUT2D eigenvalue weighted by Crippen LogP contribution is -2.67. The van der Waals surface area contributed by atoms with Gasteiger partial charge >= 0.3 is 47.8 Å². The number of rotatable bonds is 19. The summed E-state index contributed by atoms with van der Waals surface area (Å²) in [6.07, 6.45) is -23.1. The number of hydrogen-bond donors (Lipinski definition) is 1. The van der Waals surface area contributed by atoms with Gasteiger partial charge in [0.2, 0.25) is 0 Å². The van der Waals surface area contributed by atoms with E-state index in [1.54, 1.807) is 54.6 Å². The molecule has 0 spiro atoms. The quantitative estimate of drug-likeness (QED) is 0.133. The second-order valence-electron chi connectivity index (χ2n) is 16.3. The maximum atomic E-state index is 13.8. The average Bonchev–Trinajstić information content (AvgIpc) is 3.66. The normalized spacial score (nSPS) is 28.8. The highest BCUT2D eigenvalue weighted by Gasteiger charge is 2.58. The largest absolute Gasteiger partial charge is 0.463 e. The van der Waals surface area contributed by atoms with Crippen LogP contribution in [0.15, 0.2) is 91.0 Å². The lowest BCUT2D eigenvalue weighted by atomic mass is 9.96. The molecule has 3 aromatic rings. The van der Waals surface area contributed by atoms with Gasteiger partial charge in [-0.3, -0.25) is 24.0 Å². The Kier molecular flexibility index (Phi) is 19.3. The van der Waals surface area contributed by atoms with Crippen molar-refractivity contribution in [1.82, 2.24) is 0 Å². The third-order valence-corrected chi connectivity index (χ3v) is 11.0. The number of carbonyl (C=O) groups is 8. The van der Waals surface area contributed by atoms with Crippen LogP contribution in [0.1, 0.15) is 65.7 Å². The number of carbonyl (C=O) groups excluding carboxylic acids is 8. The molecule has 23 heteroatoms. The van der Waals surface area contributed by atoms with Crippen molar-refractivity contribution < 1.29 is 110 Å². The SMILES string of the molecule is COC1OC(COC2OC(COC(=O)c3ccccc3)C(OC(=O)c3ccccc3)C2OC(=O)c2ccccc2)C(OC2OC(COC(C)=O)C(O)C(OC(C)=O)C2OC(C)=O)C(OC(C)=O)C1OC(C)=O. The maximum absolute atomic E-state index is 13.8. The number of hydrogen-bond acceptors (Lipinski definition) is 23. The molecule has 0 bridgehead atoms. The molecule has 23 nitrogen and oxygen atoms in total. The van der Waals surface area contributed by atoms with Crippen LogP contribution in [0.25, 0.3) is 0 Å². The van der Waals surface area contributed by atoms with Crippen LogP contribution in [0.2, 0.25) is 0 Å². The van der Waals surface area contributed by atoms with Crippen molar-refractivity contribution in [2.24, 2.45) is 0 Å². The number of aliphatic hydroxyl groups excluding tert-OH is 1. The van der Waals surface area contributed by atoms with Crippen LogP contribution in [0, 0.1) is 0 Å². The van der Waals surface area contributed by atoms with Gasteiger partial charge in [0.25, 0.3) is 0 Å². The number of benzene rings is 3. The standard InChI is InChI=1S/C49H54O23/c1-25(50)60-22-33-36(55)39(63-26(2)51)42(65-28(4)53)49(67-33)72-37-35(68-47(59-6)43(66-29(5)54)40(37)64-27(3)52)24-62-48-41(71-46(58)32-20-14-9-15-21-32)38(70-45(57)31-18-12-8-13-19-31)34(69-48)23-61-44(56)30-16-10-7-11-17-30/h7-21,33-43,47-49,55H,22-24H2,1-6H3. The second-order valence-corrected chi connectivity index (χ2v) is 16.3. The van der Waals surface area contributed by atoms with Gasteiger partial charge < -0.3 is 71.4 Å². The van der Waals surface area contributed by atoms with Crippen molar-refractivity contribution in [2.75, 3.05) is 26.9 Å². The molecule has 3 fully saturated rings. The van der Waals surface area contributed by atoms with Gasteiger partial charge in [0.15, 0.2) is 55.5 Å². The van der Waals surface area contributed by atoms with Gasteiger partial charge in [0, 0.05) is 41.7 Å². The highest BCUT2D eigenvalue weighted by atomic mass is 16.8. The second kappa shape index (κ2) is 25.5. The molecule has 0 aromatic heterocycles. The zero-order valence-corrected chi connectivity index (χ0v) is 39.8. The molecule has 72 heavy (non-hydrogen) atoms. The molecule has 3 saturated heterocycles. The fourth-order valence-corrected chi connectivity index (χ4v) is 7.91. The molecule has 0 saturated carbocycles. The number of esters is 8. The molecular weight excluding hydrogens is 957 g/mol. The molecule has 0 aliphatic carbocycles. The minimum Gasteiger partial charge on any atom is -0.463 e. The van der Waals surface area contributed by atoms with Crippen LogP contribution in [-0.2, 0) is 90.3 Å². The topological polar surface area (TPSA) is 286 Å². The Morgan fingerprint density at radius 3 is 1.32 bits per heavy atom. The van der Waals surface area contributed by atoms with E-state index in [1.165, 1.54) is 43.5 Å². The van der Waals surface area contributed by atoms with E-state index < -0.39 is 154 Å². The molecule has 3 heterocycles. The molecule has 14 atom stereocenters. The van der Waals surface area contributed by atoms with E-state index in [1.807, 2.05) is 0 Å². The Balaban J connectivity index is 1.40. The van der Waals surface area contributed by atoms with E-state index in [0.717, 1.165) is 34.6 Å². The molecule has 14 unspecified atom stereocenters. The number of aliphatic hydroxyl groups is 1. The summed E-state index contributed by atoms with van der Waals surface area (Å²) in [5.74, 6) is -7.07. The summed E-state index contributed by atoms with van der Waals surface area (Å²) in [6.45, 7) is 3.26. The first-order valence-electron chi connectivity index (χ1n) is 22.4. The number of methoxy groups -OCH3 is 1. The van der Waals surface area contributed by atoms with Crippen LogP contribution in [0.4, 0.5) is 0 Å². The summed E-state index contributed by atoms with van der Waals surface area (Å²) >= 11 is 0. The Labute approximate surface area is 412 Å². The van der Waals surface area contributed by atoms with Crippen LogP contribution in [0.5, 0.6) is 0 Å². The van der Waals surface area contributed by atoms with Gasteiger partial charge in [0.05, 0.1) is 23.3 Å². The molecule has 1 N–H and O–H groups in total. The van der Waals surface area contributed by atoms with E-state index in [-0.39, 0.29) is 16.7 Å². The van der Waals surface area contributed by atoms with E-state index in [4.69, 9.17) is 66.3 Å². The number of ether oxygens (including phenoxy) is 14. The Morgan fingerprint density at radius 2 is 0.819 bits per heavy atom. The van der Waals surface area contributed by atoms with Gasteiger partial charge in [-0.1, -0.05) is 54.6 Å². The van der Waals surface area contributed by atoms with Gasteiger partial charge in [-0.25, -0.2) is 14.4 Å². The van der Waals surface area contributed by atoms with Gasteiger partial charge in [-0.2, -0.15) is 0 Å². The fraction of sp³-hybridized carbons (Fsp3) is 0.469. The minimum atomic E-state index is -1.90. The van der Waals surface area contributed by atoms with Crippen molar-refractivity contribution >= 4 is 47.8 Å². The summed E-state index contributed by atoms with van der Waals surface area (Å²) in [7, 11) is 1.18. The summed E-state index contributed by atoms with van der Waals surface area (Å²) in [4.78, 5) is 103. The van der Waals surface area contributed by atoms with E-state index in [0.29, 0.717) is 0 Å². The van der Waals surface area contributed by atoms with E-state index in [9.17, 15) is 43.5 Å². The highest BCUT2D eigenvalue weighted by molar-refractivity contribution is 5.91. The average molecular weight is 1010 g/mol. The van der Waals surface area contributed by atoms with Gasteiger partial charge in [-0.15, -0.1) is 0 Å². The molecule has 0 radical (unpaired) electrons. The lowest BCUT2D eigenvalue weighted by molar-refractivity contribution is -0.362. The minimum absolute atomic E-state index is 0.0788. The predicted octanol–water partition coefficient (Wildman–Crippen LogP) is 2.17. The zero-order valence-electron chi connectivity index (χ0n) is 39.8. The molecular formula is C49H54O23. The zero-order chi connectivity index (χ0) is 52.1. The third kappa shape index (κ3) is 14.4. The van der Waals surface area contributed by atoms with Crippen LogP contribution in [0.3, 0.4) is 0 Å². The summed E-state index contributed by atoms with van der Waals surface area (Å²) < 4.78 is 81.9. The fourth-order valence-electron chi connectivity index (χ4n) is 7.91. The molecule has 3 aliphatic rings. The van der Waals surface area contributed by atoms with Crippen LogP contribution in [-0.4, -0.2) is 166 Å². The van der Waals surface area contributed by atoms with E-state index in [2.05, 4.69) is 0 Å². The van der Waals surface area contributed by atoms with Crippen molar-refractivity contribution in [2.45, 2.75) is 121 Å². The Hall–Kier alpha value is -6.86. The highest BCUT2D eigenvalue weighted by Crippen LogP contribution is 2.36. The summed E-state index contributed by atoms with van der Waals surface area (Å²) in [6, 6.07) is 23.5. The van der Waals surface area contributed by atoms with Crippen molar-refractivity contribution in [3.63, 3.8) is 0 Å². The van der Waals surface area contributed by atoms with Crippen molar-refractivity contribution in [1.29, 1.82) is 0 Å². The van der Waals surface area contributed by atoms with E-state index >= 15 is 0 Å². The summed E-state index contributed by atoms with van der Waals surface area (Å²) in [5.41, 5.74) is 0.362. The van der Waals surface area contributed by atoms with Crippen molar-refractivity contribution in [3.8, 4) is 0 Å². The molecule has 6 rings (SSSR count). The lowest BCUT2D eigenvalue weighted by Gasteiger charge is -2.48. The van der Waals surface area contributed by atoms with Crippen LogP contribution < -0.4 is 0 Å². The monoisotopic (exact) mass is 1010 g/mol. The van der Waals surface area contributed by atoms with Gasteiger partial charge in [-0.05, 0) is 36.4 Å². The molecule has 3 aliphatic heterocycles. The predicted molar refractivity (Wildman–Crippen MR) is 237 cm³/mol. The first-order chi connectivity index (χ1) is 34.4. The Bertz CT molecular complexity index is 2350. The first-order valence-corrected chi connectivity index (χ1v) is 22.4.